The van der Waals surface area contributed by atoms with E-state index in [0.29, 0.717) is 21.8 Å². The van der Waals surface area contributed by atoms with Crippen LogP contribution in [0.25, 0.3) is 0 Å². The van der Waals surface area contributed by atoms with Crippen LogP contribution in [0.15, 0.2) is 66.7 Å². The van der Waals surface area contributed by atoms with Crippen molar-refractivity contribution in [2.24, 2.45) is 0 Å². The van der Waals surface area contributed by atoms with Gasteiger partial charge in [0.05, 0.1) is 12.2 Å². The molecule has 3 aromatic rings. The number of anilines is 2. The number of carbonyl (C=O) groups excluding carboxylic acids is 2. The first kappa shape index (κ1) is 21.6. The zero-order valence-electron chi connectivity index (χ0n) is 17.5. The Morgan fingerprint density at radius 3 is 2.45 bits per heavy atom. The summed E-state index contributed by atoms with van der Waals surface area (Å²) >= 11 is 6.30. The maximum absolute atomic E-state index is 14.4. The van der Waals surface area contributed by atoms with Crippen LogP contribution in [0.5, 0.6) is 0 Å². The first-order valence-electron chi connectivity index (χ1n) is 10.1. The SMILES string of the molecule is Cc1ccc(N2C(=O)CS(=O)(=O)[C@@]23C(=O)N(Cc2ccccc2Cl)c2ccccc23)cc1F. The number of hydrogen-bond acceptors (Lipinski definition) is 4. The van der Waals surface area contributed by atoms with Crippen molar-refractivity contribution in [3.05, 3.63) is 94.3 Å². The summed E-state index contributed by atoms with van der Waals surface area (Å²) in [4.78, 5) is 27.0. The molecule has 9 heteroatoms. The quantitative estimate of drug-likeness (QED) is 0.564. The molecule has 2 aliphatic rings. The van der Waals surface area contributed by atoms with Crippen molar-refractivity contribution >= 4 is 44.6 Å². The lowest BCUT2D eigenvalue weighted by Crippen LogP contribution is -2.54. The van der Waals surface area contributed by atoms with Crippen LogP contribution in [0.3, 0.4) is 0 Å². The van der Waals surface area contributed by atoms with Crippen LogP contribution >= 0.6 is 11.6 Å². The fraction of sp³-hybridized carbons (Fsp3) is 0.167. The largest absolute Gasteiger partial charge is 0.304 e. The predicted octanol–water partition coefficient (Wildman–Crippen LogP) is 3.95. The van der Waals surface area contributed by atoms with Gasteiger partial charge in [0, 0.05) is 16.3 Å². The standard InChI is InChI=1S/C24H18ClFN2O4S/c1-15-10-11-17(12-20(15)26)28-22(29)14-33(31,32)24(28)18-7-3-5-9-21(18)27(23(24)30)13-16-6-2-4-8-19(16)25/h2-12H,13-14H2,1H3/t24-/m0/s1. The third-order valence-corrected chi connectivity index (χ3v) is 8.60. The number of para-hydroxylation sites is 1. The molecule has 1 fully saturated rings. The van der Waals surface area contributed by atoms with Gasteiger partial charge in [0.2, 0.25) is 5.91 Å². The number of benzene rings is 3. The van der Waals surface area contributed by atoms with Crippen molar-refractivity contribution in [3.8, 4) is 0 Å². The summed E-state index contributed by atoms with van der Waals surface area (Å²) in [6.07, 6.45) is 0. The maximum atomic E-state index is 14.4. The molecule has 2 heterocycles. The van der Waals surface area contributed by atoms with Crippen LogP contribution in [0.1, 0.15) is 16.7 Å². The Kier molecular flexibility index (Phi) is 4.84. The molecule has 0 aliphatic carbocycles. The number of hydrogen-bond donors (Lipinski definition) is 0. The minimum absolute atomic E-state index is 0.00641. The van der Waals surface area contributed by atoms with Gasteiger partial charge in [-0.05, 0) is 42.3 Å². The Bertz CT molecular complexity index is 1440. The Balaban J connectivity index is 1.75. The topological polar surface area (TPSA) is 74.8 Å². The molecule has 168 valence electrons. The molecule has 1 spiro atoms. The lowest BCUT2D eigenvalue weighted by atomic mass is 10.0. The number of fused-ring (bicyclic) bond motifs is 2. The molecule has 6 nitrogen and oxygen atoms in total. The van der Waals surface area contributed by atoms with Crippen molar-refractivity contribution in [2.75, 3.05) is 15.6 Å². The summed E-state index contributed by atoms with van der Waals surface area (Å²) in [5.41, 5.74) is 1.48. The lowest BCUT2D eigenvalue weighted by molar-refractivity contribution is -0.123. The van der Waals surface area contributed by atoms with Gasteiger partial charge in [0.25, 0.3) is 10.8 Å². The normalized spacial score (nSPS) is 21.2. The van der Waals surface area contributed by atoms with Crippen molar-refractivity contribution in [1.82, 2.24) is 0 Å². The Morgan fingerprint density at radius 2 is 1.73 bits per heavy atom. The highest BCUT2D eigenvalue weighted by Gasteiger charge is 2.69. The Morgan fingerprint density at radius 1 is 1.03 bits per heavy atom. The molecule has 1 atom stereocenters. The zero-order chi connectivity index (χ0) is 23.5. The summed E-state index contributed by atoms with van der Waals surface area (Å²) in [5, 5.41) is 0.423. The van der Waals surface area contributed by atoms with Crippen molar-refractivity contribution in [3.63, 3.8) is 0 Å². The molecule has 3 aromatic carbocycles. The van der Waals surface area contributed by atoms with Gasteiger partial charge in [-0.1, -0.05) is 54.1 Å². The van der Waals surface area contributed by atoms with E-state index in [1.54, 1.807) is 49.4 Å². The average molecular weight is 485 g/mol. The number of rotatable bonds is 3. The first-order valence-corrected chi connectivity index (χ1v) is 12.2. The van der Waals surface area contributed by atoms with Gasteiger partial charge in [0.1, 0.15) is 11.6 Å². The predicted molar refractivity (Wildman–Crippen MR) is 123 cm³/mol. The van der Waals surface area contributed by atoms with Gasteiger partial charge in [-0.2, -0.15) is 0 Å². The van der Waals surface area contributed by atoms with Crippen LogP contribution in [-0.2, 0) is 30.8 Å². The molecule has 0 unspecified atom stereocenters. The fourth-order valence-electron chi connectivity index (χ4n) is 4.57. The molecular weight excluding hydrogens is 467 g/mol. The van der Waals surface area contributed by atoms with Gasteiger partial charge in [-0.3, -0.25) is 14.5 Å². The van der Waals surface area contributed by atoms with E-state index in [4.69, 9.17) is 11.6 Å². The van der Waals surface area contributed by atoms with E-state index in [-0.39, 0.29) is 17.8 Å². The minimum atomic E-state index is -4.32. The number of halogens is 2. The second-order valence-corrected chi connectivity index (χ2v) is 10.6. The molecule has 5 rings (SSSR count). The number of nitrogens with zero attached hydrogens (tertiary/aromatic N) is 2. The van der Waals surface area contributed by atoms with E-state index in [9.17, 15) is 22.4 Å². The summed E-state index contributed by atoms with van der Waals surface area (Å²) in [6.45, 7) is 1.57. The van der Waals surface area contributed by atoms with Crippen LogP contribution in [-0.4, -0.2) is 26.0 Å². The third kappa shape index (κ3) is 2.94. The van der Waals surface area contributed by atoms with Crippen LogP contribution in [0.2, 0.25) is 5.02 Å². The van der Waals surface area contributed by atoms with E-state index in [0.717, 1.165) is 11.0 Å². The number of carbonyl (C=O) groups is 2. The van der Waals surface area contributed by atoms with Crippen LogP contribution in [0, 0.1) is 12.7 Å². The van der Waals surface area contributed by atoms with E-state index in [1.165, 1.54) is 23.1 Å². The highest BCUT2D eigenvalue weighted by atomic mass is 35.5. The molecule has 33 heavy (non-hydrogen) atoms. The Hall–Kier alpha value is -3.23. The lowest BCUT2D eigenvalue weighted by Gasteiger charge is -2.32. The average Bonchev–Trinajstić information content (AvgIpc) is 3.14. The molecular formula is C24H18ClFN2O4S. The van der Waals surface area contributed by atoms with Gasteiger partial charge in [0.15, 0.2) is 9.84 Å². The van der Waals surface area contributed by atoms with Gasteiger partial charge in [-0.25, -0.2) is 12.8 Å². The van der Waals surface area contributed by atoms with Crippen LogP contribution in [0.4, 0.5) is 15.8 Å². The number of sulfone groups is 1. The second-order valence-electron chi connectivity index (χ2n) is 8.07. The Labute approximate surface area is 195 Å². The molecule has 0 aromatic heterocycles. The molecule has 0 bridgehead atoms. The summed E-state index contributed by atoms with van der Waals surface area (Å²) in [7, 11) is -4.32. The summed E-state index contributed by atoms with van der Waals surface area (Å²) < 4.78 is 41.5. The number of amides is 2. The molecule has 0 radical (unpaired) electrons. The summed E-state index contributed by atoms with van der Waals surface area (Å²) in [5.74, 6) is -3.05. The van der Waals surface area contributed by atoms with Gasteiger partial charge < -0.3 is 4.90 Å². The highest BCUT2D eigenvalue weighted by Crippen LogP contribution is 2.53. The van der Waals surface area contributed by atoms with Crippen LogP contribution < -0.4 is 9.80 Å². The summed E-state index contributed by atoms with van der Waals surface area (Å²) in [6, 6.07) is 17.4. The van der Waals surface area contributed by atoms with E-state index in [1.807, 2.05) is 0 Å². The monoisotopic (exact) mass is 484 g/mol. The fourth-order valence-corrected chi connectivity index (χ4v) is 6.79. The van der Waals surface area contributed by atoms with E-state index in [2.05, 4.69) is 0 Å². The van der Waals surface area contributed by atoms with Crippen molar-refractivity contribution in [1.29, 1.82) is 0 Å². The van der Waals surface area contributed by atoms with Gasteiger partial charge in [-0.15, -0.1) is 0 Å². The minimum Gasteiger partial charge on any atom is -0.304 e. The molecule has 2 amide bonds. The number of aryl methyl sites for hydroxylation is 1. The molecule has 2 aliphatic heterocycles. The first-order chi connectivity index (χ1) is 15.7. The third-order valence-electron chi connectivity index (χ3n) is 6.12. The van der Waals surface area contributed by atoms with E-state index >= 15 is 0 Å². The smallest absolute Gasteiger partial charge is 0.274 e. The second kappa shape index (κ2) is 7.40. The van der Waals surface area contributed by atoms with Crippen molar-refractivity contribution in [2.45, 2.75) is 18.3 Å². The molecule has 0 saturated carbocycles. The molecule has 0 N–H and O–H groups in total. The maximum Gasteiger partial charge on any atom is 0.274 e. The molecule has 1 saturated heterocycles. The van der Waals surface area contributed by atoms with E-state index < -0.39 is 38.1 Å². The highest BCUT2D eigenvalue weighted by molar-refractivity contribution is 7.94. The zero-order valence-corrected chi connectivity index (χ0v) is 19.0. The van der Waals surface area contributed by atoms with Crippen molar-refractivity contribution < 1.29 is 22.4 Å². The van der Waals surface area contributed by atoms with Gasteiger partial charge >= 0.3 is 0 Å².